The lowest BCUT2D eigenvalue weighted by molar-refractivity contribution is -0.153. The highest BCUT2D eigenvalue weighted by Crippen LogP contribution is 2.10. The fourth-order valence-corrected chi connectivity index (χ4v) is 1.98. The lowest BCUT2D eigenvalue weighted by Crippen LogP contribution is -2.52. The molecule has 1 aliphatic heterocycles. The van der Waals surface area contributed by atoms with Crippen LogP contribution in [0.4, 0.5) is 0 Å². The monoisotopic (exact) mass is 258 g/mol. The number of methoxy groups -OCH3 is 1. The molecule has 1 fully saturated rings. The van der Waals surface area contributed by atoms with Crippen molar-refractivity contribution in [1.29, 1.82) is 0 Å². The second kappa shape index (κ2) is 7.33. The maximum absolute atomic E-state index is 11.9. The topological polar surface area (TPSA) is 67.9 Å². The zero-order chi connectivity index (χ0) is 13.5. The van der Waals surface area contributed by atoms with E-state index in [1.165, 1.54) is 0 Å². The van der Waals surface area contributed by atoms with Crippen LogP contribution in [0.5, 0.6) is 0 Å². The minimum Gasteiger partial charge on any atom is -0.385 e. The zero-order valence-electron chi connectivity index (χ0n) is 11.3. The average Bonchev–Trinajstić information content (AvgIpc) is 2.32. The molecule has 2 atom stereocenters. The van der Waals surface area contributed by atoms with Gasteiger partial charge in [0.1, 0.15) is 0 Å². The summed E-state index contributed by atoms with van der Waals surface area (Å²) < 4.78 is 10.4. The molecule has 2 unspecified atom stereocenters. The molecular formula is C12H22N2O4. The van der Waals surface area contributed by atoms with E-state index in [4.69, 9.17) is 9.47 Å². The molecule has 0 bridgehead atoms. The number of ether oxygens (including phenoxy) is 2. The van der Waals surface area contributed by atoms with Crippen LogP contribution in [0, 0.1) is 0 Å². The Bertz CT molecular complexity index is 286. The first-order valence-electron chi connectivity index (χ1n) is 6.26. The fourth-order valence-electron chi connectivity index (χ4n) is 1.98. The van der Waals surface area contributed by atoms with E-state index >= 15 is 0 Å². The number of hydrogen-bond donors (Lipinski definition) is 1. The van der Waals surface area contributed by atoms with Crippen molar-refractivity contribution in [2.45, 2.75) is 32.5 Å². The summed E-state index contributed by atoms with van der Waals surface area (Å²) in [6, 6.07) is 0. The van der Waals surface area contributed by atoms with Gasteiger partial charge in [0.25, 0.3) is 0 Å². The Morgan fingerprint density at radius 3 is 2.50 bits per heavy atom. The SMILES string of the molecule is COCCCNC(=O)C(=O)N1CC(C)OC(C)C1. The van der Waals surface area contributed by atoms with E-state index in [1.54, 1.807) is 12.0 Å². The maximum atomic E-state index is 11.9. The average molecular weight is 258 g/mol. The van der Waals surface area contributed by atoms with Gasteiger partial charge in [0.15, 0.2) is 0 Å². The van der Waals surface area contributed by atoms with E-state index in [-0.39, 0.29) is 12.2 Å². The first-order chi connectivity index (χ1) is 8.54. The lowest BCUT2D eigenvalue weighted by atomic mass is 10.2. The Morgan fingerprint density at radius 1 is 1.33 bits per heavy atom. The van der Waals surface area contributed by atoms with Crippen LogP contribution in [-0.4, -0.2) is 62.3 Å². The third-order valence-electron chi connectivity index (χ3n) is 2.71. The summed E-state index contributed by atoms with van der Waals surface area (Å²) in [7, 11) is 1.60. The summed E-state index contributed by atoms with van der Waals surface area (Å²) in [5, 5.41) is 2.59. The Hall–Kier alpha value is -1.14. The molecule has 1 heterocycles. The number of morpholine rings is 1. The molecule has 1 N–H and O–H groups in total. The van der Waals surface area contributed by atoms with Gasteiger partial charge in [-0.3, -0.25) is 9.59 Å². The van der Waals surface area contributed by atoms with Gasteiger partial charge in [-0.15, -0.1) is 0 Å². The summed E-state index contributed by atoms with van der Waals surface area (Å²) in [5.41, 5.74) is 0. The molecule has 0 aromatic carbocycles. The van der Waals surface area contributed by atoms with Gasteiger partial charge in [-0.25, -0.2) is 0 Å². The first-order valence-corrected chi connectivity index (χ1v) is 6.26. The molecule has 6 heteroatoms. The molecule has 18 heavy (non-hydrogen) atoms. The largest absolute Gasteiger partial charge is 0.385 e. The number of carbonyl (C=O) groups excluding carboxylic acids is 2. The zero-order valence-corrected chi connectivity index (χ0v) is 11.3. The van der Waals surface area contributed by atoms with E-state index < -0.39 is 11.8 Å². The molecule has 0 aromatic rings. The van der Waals surface area contributed by atoms with Crippen LogP contribution in [-0.2, 0) is 19.1 Å². The molecule has 0 saturated carbocycles. The van der Waals surface area contributed by atoms with E-state index in [1.807, 2.05) is 13.8 Å². The van der Waals surface area contributed by atoms with Crippen LogP contribution in [0.1, 0.15) is 20.3 Å². The summed E-state index contributed by atoms with van der Waals surface area (Å²) >= 11 is 0. The number of amides is 2. The van der Waals surface area contributed by atoms with Gasteiger partial charge in [0, 0.05) is 33.4 Å². The maximum Gasteiger partial charge on any atom is 0.312 e. The third-order valence-corrected chi connectivity index (χ3v) is 2.71. The van der Waals surface area contributed by atoms with Crippen molar-refractivity contribution in [3.63, 3.8) is 0 Å². The molecule has 0 aromatic heterocycles. The number of carbonyl (C=O) groups is 2. The predicted molar refractivity (Wildman–Crippen MR) is 66.1 cm³/mol. The number of nitrogens with zero attached hydrogens (tertiary/aromatic N) is 1. The Balaban J connectivity index is 2.36. The van der Waals surface area contributed by atoms with Crippen LogP contribution in [0.3, 0.4) is 0 Å². The van der Waals surface area contributed by atoms with E-state index in [9.17, 15) is 9.59 Å². The van der Waals surface area contributed by atoms with Crippen LogP contribution >= 0.6 is 0 Å². The van der Waals surface area contributed by atoms with Gasteiger partial charge in [0.05, 0.1) is 12.2 Å². The predicted octanol–water partition coefficient (Wildman–Crippen LogP) is -0.225. The van der Waals surface area contributed by atoms with Crippen molar-refractivity contribution in [2.75, 3.05) is 33.4 Å². The Morgan fingerprint density at radius 2 is 1.94 bits per heavy atom. The second-order valence-electron chi connectivity index (χ2n) is 4.57. The van der Waals surface area contributed by atoms with Gasteiger partial charge in [-0.1, -0.05) is 0 Å². The highest BCUT2D eigenvalue weighted by atomic mass is 16.5. The third kappa shape index (κ3) is 4.62. The van der Waals surface area contributed by atoms with Crippen LogP contribution in [0.25, 0.3) is 0 Å². The van der Waals surface area contributed by atoms with Crippen molar-refractivity contribution in [2.24, 2.45) is 0 Å². The second-order valence-corrected chi connectivity index (χ2v) is 4.57. The first kappa shape index (κ1) is 14.9. The van der Waals surface area contributed by atoms with E-state index in [2.05, 4.69) is 5.32 Å². The van der Waals surface area contributed by atoms with Crippen LogP contribution in [0.15, 0.2) is 0 Å². The molecule has 6 nitrogen and oxygen atoms in total. The molecule has 0 spiro atoms. The molecule has 1 rings (SSSR count). The molecule has 1 saturated heterocycles. The van der Waals surface area contributed by atoms with Crippen LogP contribution < -0.4 is 5.32 Å². The number of rotatable bonds is 4. The molecule has 1 aliphatic rings. The van der Waals surface area contributed by atoms with Crippen molar-refractivity contribution < 1.29 is 19.1 Å². The highest BCUT2D eigenvalue weighted by Gasteiger charge is 2.29. The Labute approximate surface area is 108 Å². The quantitative estimate of drug-likeness (QED) is 0.559. The van der Waals surface area contributed by atoms with Gasteiger partial charge >= 0.3 is 11.8 Å². The normalized spacial score (nSPS) is 23.8. The van der Waals surface area contributed by atoms with Gasteiger partial charge in [0.2, 0.25) is 0 Å². The molecule has 0 aliphatic carbocycles. The smallest absolute Gasteiger partial charge is 0.312 e. The molecule has 104 valence electrons. The van der Waals surface area contributed by atoms with E-state index in [0.29, 0.717) is 32.7 Å². The van der Waals surface area contributed by atoms with Crippen molar-refractivity contribution in [3.8, 4) is 0 Å². The number of nitrogens with one attached hydrogen (secondary N) is 1. The molecular weight excluding hydrogens is 236 g/mol. The Kier molecular flexibility index (Phi) is 6.07. The summed E-state index contributed by atoms with van der Waals surface area (Å²) in [5.74, 6) is -1.03. The van der Waals surface area contributed by atoms with Gasteiger partial charge < -0.3 is 19.7 Å². The minimum atomic E-state index is -0.549. The van der Waals surface area contributed by atoms with Crippen molar-refractivity contribution >= 4 is 11.8 Å². The molecule has 2 amide bonds. The van der Waals surface area contributed by atoms with Gasteiger partial charge in [-0.2, -0.15) is 0 Å². The summed E-state index contributed by atoms with van der Waals surface area (Å²) in [6.07, 6.45) is 0.642. The summed E-state index contributed by atoms with van der Waals surface area (Å²) in [4.78, 5) is 25.1. The standard InChI is InChI=1S/C12H22N2O4/c1-9-7-14(8-10(2)18-9)12(16)11(15)13-5-4-6-17-3/h9-10H,4-8H2,1-3H3,(H,13,15). The minimum absolute atomic E-state index is 0.0287. The highest BCUT2D eigenvalue weighted by molar-refractivity contribution is 6.35. The van der Waals surface area contributed by atoms with Crippen LogP contribution in [0.2, 0.25) is 0 Å². The van der Waals surface area contributed by atoms with Crippen molar-refractivity contribution in [1.82, 2.24) is 10.2 Å². The lowest BCUT2D eigenvalue weighted by Gasteiger charge is -2.34. The molecule has 0 radical (unpaired) electrons. The number of hydrogen-bond acceptors (Lipinski definition) is 4. The summed E-state index contributed by atoms with van der Waals surface area (Å²) in [6.45, 7) is 5.75. The van der Waals surface area contributed by atoms with E-state index in [0.717, 1.165) is 0 Å². The van der Waals surface area contributed by atoms with Crippen molar-refractivity contribution in [3.05, 3.63) is 0 Å². The van der Waals surface area contributed by atoms with Gasteiger partial charge in [-0.05, 0) is 20.3 Å². The fraction of sp³-hybridized carbons (Fsp3) is 0.833.